The minimum absolute atomic E-state index is 0.124. The fourth-order valence-electron chi connectivity index (χ4n) is 1.67. The van der Waals surface area contributed by atoms with E-state index in [-0.39, 0.29) is 5.91 Å². The van der Waals surface area contributed by atoms with Gasteiger partial charge in [-0.05, 0) is 26.0 Å². The SMILES string of the molecule is COCc1nc(C)c(C(=O)Nc2ccc(C)cc2)s1. The van der Waals surface area contributed by atoms with Crippen LogP contribution in [0.15, 0.2) is 24.3 Å². The first-order valence-electron chi connectivity index (χ1n) is 5.93. The van der Waals surface area contributed by atoms with E-state index in [1.54, 1.807) is 7.11 Å². The second-order valence-electron chi connectivity index (χ2n) is 4.28. The molecule has 1 amide bonds. The minimum Gasteiger partial charge on any atom is -0.378 e. The van der Waals surface area contributed by atoms with Crippen LogP contribution in [0, 0.1) is 13.8 Å². The van der Waals surface area contributed by atoms with E-state index >= 15 is 0 Å². The number of ether oxygens (including phenoxy) is 1. The van der Waals surface area contributed by atoms with E-state index in [0.717, 1.165) is 22.0 Å². The quantitative estimate of drug-likeness (QED) is 0.933. The van der Waals surface area contributed by atoms with Crippen molar-refractivity contribution in [3.05, 3.63) is 45.4 Å². The highest BCUT2D eigenvalue weighted by Gasteiger charge is 2.15. The molecular formula is C14H16N2O2S. The topological polar surface area (TPSA) is 51.2 Å². The molecule has 0 radical (unpaired) electrons. The monoisotopic (exact) mass is 276 g/mol. The van der Waals surface area contributed by atoms with E-state index in [0.29, 0.717) is 11.5 Å². The molecule has 0 bridgehead atoms. The van der Waals surface area contributed by atoms with Crippen molar-refractivity contribution < 1.29 is 9.53 Å². The van der Waals surface area contributed by atoms with Crippen molar-refractivity contribution in [3.63, 3.8) is 0 Å². The highest BCUT2D eigenvalue weighted by atomic mass is 32.1. The number of hydrogen-bond acceptors (Lipinski definition) is 4. The van der Waals surface area contributed by atoms with Crippen LogP contribution in [0.4, 0.5) is 5.69 Å². The maximum atomic E-state index is 12.2. The van der Waals surface area contributed by atoms with Crippen molar-refractivity contribution in [1.82, 2.24) is 4.98 Å². The largest absolute Gasteiger partial charge is 0.378 e. The van der Waals surface area contributed by atoms with Crippen LogP contribution in [0.5, 0.6) is 0 Å². The number of aromatic nitrogens is 1. The predicted molar refractivity (Wildman–Crippen MR) is 76.7 cm³/mol. The van der Waals surface area contributed by atoms with Gasteiger partial charge in [-0.1, -0.05) is 17.7 Å². The van der Waals surface area contributed by atoms with Crippen molar-refractivity contribution in [2.75, 3.05) is 12.4 Å². The molecule has 0 aliphatic heterocycles. The third-order valence-corrected chi connectivity index (χ3v) is 3.75. The van der Waals surface area contributed by atoms with Crippen molar-refractivity contribution in [2.45, 2.75) is 20.5 Å². The molecule has 0 saturated heterocycles. The predicted octanol–water partition coefficient (Wildman–Crippen LogP) is 3.16. The lowest BCUT2D eigenvalue weighted by Gasteiger charge is -2.04. The van der Waals surface area contributed by atoms with Crippen molar-refractivity contribution in [2.24, 2.45) is 0 Å². The molecule has 2 rings (SSSR count). The minimum atomic E-state index is -0.124. The Labute approximate surface area is 116 Å². The summed E-state index contributed by atoms with van der Waals surface area (Å²) in [5.74, 6) is -0.124. The van der Waals surface area contributed by atoms with Gasteiger partial charge in [-0.3, -0.25) is 4.79 Å². The number of nitrogens with zero attached hydrogens (tertiary/aromatic N) is 1. The van der Waals surface area contributed by atoms with E-state index in [1.807, 2.05) is 38.1 Å². The summed E-state index contributed by atoms with van der Waals surface area (Å²) in [4.78, 5) is 17.1. The molecule has 19 heavy (non-hydrogen) atoms. The van der Waals surface area contributed by atoms with Gasteiger partial charge in [0.2, 0.25) is 0 Å². The fourth-order valence-corrected chi connectivity index (χ4v) is 2.60. The standard InChI is InChI=1S/C14H16N2O2S/c1-9-4-6-11(7-5-9)16-14(17)13-10(2)15-12(19-13)8-18-3/h4-7H,8H2,1-3H3,(H,16,17). The number of hydrogen-bond donors (Lipinski definition) is 1. The Kier molecular flexibility index (Phi) is 4.29. The van der Waals surface area contributed by atoms with E-state index in [2.05, 4.69) is 10.3 Å². The maximum absolute atomic E-state index is 12.2. The normalized spacial score (nSPS) is 10.5. The molecule has 4 nitrogen and oxygen atoms in total. The second-order valence-corrected chi connectivity index (χ2v) is 5.36. The molecule has 0 aliphatic rings. The van der Waals surface area contributed by atoms with E-state index in [4.69, 9.17) is 4.74 Å². The molecule has 1 N–H and O–H groups in total. The van der Waals surface area contributed by atoms with Crippen molar-refractivity contribution in [1.29, 1.82) is 0 Å². The Morgan fingerprint density at radius 1 is 1.32 bits per heavy atom. The summed E-state index contributed by atoms with van der Waals surface area (Å²) in [5.41, 5.74) is 2.69. The number of aryl methyl sites for hydroxylation is 2. The average molecular weight is 276 g/mol. The van der Waals surface area contributed by atoms with E-state index < -0.39 is 0 Å². The van der Waals surface area contributed by atoms with Crippen LogP contribution in [0.2, 0.25) is 0 Å². The Bertz CT molecular complexity index is 576. The lowest BCUT2D eigenvalue weighted by Crippen LogP contribution is -2.11. The van der Waals surface area contributed by atoms with Gasteiger partial charge in [0.15, 0.2) is 0 Å². The van der Waals surface area contributed by atoms with E-state index in [9.17, 15) is 4.79 Å². The van der Waals surface area contributed by atoms with Crippen LogP contribution in [0.25, 0.3) is 0 Å². The summed E-state index contributed by atoms with van der Waals surface area (Å²) < 4.78 is 5.02. The number of rotatable bonds is 4. The van der Waals surface area contributed by atoms with Gasteiger partial charge in [0, 0.05) is 12.8 Å². The summed E-state index contributed by atoms with van der Waals surface area (Å²) in [6, 6.07) is 7.70. The number of anilines is 1. The number of benzene rings is 1. The average Bonchev–Trinajstić information content (AvgIpc) is 2.74. The van der Waals surface area contributed by atoms with Crippen LogP contribution < -0.4 is 5.32 Å². The van der Waals surface area contributed by atoms with Crippen LogP contribution in [0.3, 0.4) is 0 Å². The molecule has 1 aromatic heterocycles. The van der Waals surface area contributed by atoms with Gasteiger partial charge < -0.3 is 10.1 Å². The maximum Gasteiger partial charge on any atom is 0.267 e. The fraction of sp³-hybridized carbons (Fsp3) is 0.286. The molecule has 0 unspecified atom stereocenters. The first kappa shape index (κ1) is 13.7. The van der Waals surface area contributed by atoms with Crippen LogP contribution in [0.1, 0.15) is 25.9 Å². The van der Waals surface area contributed by atoms with Gasteiger partial charge in [0.25, 0.3) is 5.91 Å². The van der Waals surface area contributed by atoms with E-state index in [1.165, 1.54) is 11.3 Å². The highest BCUT2D eigenvalue weighted by Crippen LogP contribution is 2.20. The number of amides is 1. The first-order valence-corrected chi connectivity index (χ1v) is 6.75. The Balaban J connectivity index is 2.13. The molecule has 100 valence electrons. The van der Waals surface area contributed by atoms with Crippen molar-refractivity contribution in [3.8, 4) is 0 Å². The highest BCUT2D eigenvalue weighted by molar-refractivity contribution is 7.13. The third-order valence-electron chi connectivity index (χ3n) is 2.62. The summed E-state index contributed by atoms with van der Waals surface area (Å²) in [6.07, 6.45) is 0. The smallest absolute Gasteiger partial charge is 0.267 e. The van der Waals surface area contributed by atoms with Gasteiger partial charge in [-0.2, -0.15) is 0 Å². The molecular weight excluding hydrogens is 260 g/mol. The van der Waals surface area contributed by atoms with Crippen LogP contribution in [-0.4, -0.2) is 18.0 Å². The number of carbonyl (C=O) groups excluding carboxylic acids is 1. The molecule has 1 aromatic carbocycles. The molecule has 2 aromatic rings. The van der Waals surface area contributed by atoms with Gasteiger partial charge in [0.1, 0.15) is 9.88 Å². The number of carbonyl (C=O) groups is 1. The Morgan fingerprint density at radius 2 is 2.00 bits per heavy atom. The number of thiazole rings is 1. The second kappa shape index (κ2) is 5.95. The molecule has 0 spiro atoms. The van der Waals surface area contributed by atoms with Crippen LogP contribution in [-0.2, 0) is 11.3 Å². The molecule has 0 fully saturated rings. The van der Waals surface area contributed by atoms with Gasteiger partial charge in [-0.15, -0.1) is 11.3 Å². The third kappa shape index (κ3) is 3.39. The van der Waals surface area contributed by atoms with Gasteiger partial charge in [-0.25, -0.2) is 4.98 Å². The summed E-state index contributed by atoms with van der Waals surface area (Å²) in [6.45, 7) is 4.28. The Hall–Kier alpha value is -1.72. The molecule has 0 atom stereocenters. The van der Waals surface area contributed by atoms with Crippen LogP contribution >= 0.6 is 11.3 Å². The zero-order chi connectivity index (χ0) is 13.8. The zero-order valence-electron chi connectivity index (χ0n) is 11.2. The molecule has 0 saturated carbocycles. The van der Waals surface area contributed by atoms with Crippen molar-refractivity contribution >= 4 is 22.9 Å². The molecule has 1 heterocycles. The van der Waals surface area contributed by atoms with Gasteiger partial charge in [0.05, 0.1) is 12.3 Å². The molecule has 0 aliphatic carbocycles. The lowest BCUT2D eigenvalue weighted by molar-refractivity contribution is 0.103. The summed E-state index contributed by atoms with van der Waals surface area (Å²) >= 11 is 1.37. The summed E-state index contributed by atoms with van der Waals surface area (Å²) in [7, 11) is 1.61. The Morgan fingerprint density at radius 3 is 2.63 bits per heavy atom. The summed E-state index contributed by atoms with van der Waals surface area (Å²) in [5, 5.41) is 3.69. The first-order chi connectivity index (χ1) is 9.10. The zero-order valence-corrected chi connectivity index (χ0v) is 12.0. The number of methoxy groups -OCH3 is 1. The number of nitrogens with one attached hydrogen (secondary N) is 1. The van der Waals surface area contributed by atoms with Gasteiger partial charge >= 0.3 is 0 Å². The molecule has 5 heteroatoms. The lowest BCUT2D eigenvalue weighted by atomic mass is 10.2.